The van der Waals surface area contributed by atoms with Crippen molar-refractivity contribution < 1.29 is 9.53 Å². The normalized spacial score (nSPS) is 51.5. The van der Waals surface area contributed by atoms with Gasteiger partial charge in [0.05, 0.1) is 0 Å². The molecular formula is C21H32O2. The zero-order valence-corrected chi connectivity index (χ0v) is 15.0. The van der Waals surface area contributed by atoms with Crippen molar-refractivity contribution in [2.75, 3.05) is 0 Å². The van der Waals surface area contributed by atoms with Crippen LogP contribution in [0, 0.1) is 34.5 Å². The SMILES string of the molecule is CC(=O)O[C@H]1CC[C@H]2[C@@H]3CCC4CC=CC[C@]4(C)[C@H]3CC[C@]12C. The molecule has 0 amide bonds. The molecule has 7 atom stereocenters. The van der Waals surface area contributed by atoms with Crippen molar-refractivity contribution in [3.63, 3.8) is 0 Å². The van der Waals surface area contributed by atoms with Crippen molar-refractivity contribution in [2.24, 2.45) is 34.5 Å². The predicted molar refractivity (Wildman–Crippen MR) is 91.8 cm³/mol. The van der Waals surface area contributed by atoms with Gasteiger partial charge in [-0.3, -0.25) is 4.79 Å². The minimum Gasteiger partial charge on any atom is -0.462 e. The quantitative estimate of drug-likeness (QED) is 0.495. The highest BCUT2D eigenvalue weighted by Gasteiger charge is 2.60. The number of hydrogen-bond donors (Lipinski definition) is 0. The number of allylic oxidation sites excluding steroid dienone is 2. The monoisotopic (exact) mass is 316 g/mol. The number of hydrogen-bond acceptors (Lipinski definition) is 2. The highest BCUT2D eigenvalue weighted by Crippen LogP contribution is 2.65. The summed E-state index contributed by atoms with van der Waals surface area (Å²) in [6.07, 6.45) is 15.4. The van der Waals surface area contributed by atoms with Crippen LogP contribution in [0.4, 0.5) is 0 Å². The first-order chi connectivity index (χ1) is 10.9. The summed E-state index contributed by atoms with van der Waals surface area (Å²) < 4.78 is 5.75. The largest absolute Gasteiger partial charge is 0.462 e. The molecular weight excluding hydrogens is 284 g/mol. The van der Waals surface area contributed by atoms with Crippen molar-refractivity contribution in [3.8, 4) is 0 Å². The molecule has 0 heterocycles. The maximum atomic E-state index is 11.5. The highest BCUT2D eigenvalue weighted by atomic mass is 16.5. The molecule has 4 aliphatic rings. The molecule has 2 nitrogen and oxygen atoms in total. The molecule has 128 valence electrons. The zero-order chi connectivity index (χ0) is 16.2. The van der Waals surface area contributed by atoms with Gasteiger partial charge in [-0.1, -0.05) is 26.0 Å². The Morgan fingerprint density at radius 3 is 2.57 bits per heavy atom. The first kappa shape index (κ1) is 15.7. The fourth-order valence-corrected chi connectivity index (χ4v) is 7.18. The first-order valence-corrected chi connectivity index (χ1v) is 9.77. The van der Waals surface area contributed by atoms with Gasteiger partial charge in [0.15, 0.2) is 0 Å². The third-order valence-corrected chi connectivity index (χ3v) is 8.43. The standard InChI is InChI=1S/C21H32O2/c1-14(22)23-19-10-9-17-16-8-7-15-6-4-5-12-20(15,2)18(16)11-13-21(17,19)3/h4-5,15-19H,6-13H2,1-3H3/t15?,16-,17-,18-,19-,20-,21-/m0/s1. The van der Waals surface area contributed by atoms with E-state index in [1.165, 1.54) is 44.9 Å². The van der Waals surface area contributed by atoms with Crippen molar-refractivity contribution in [3.05, 3.63) is 12.2 Å². The van der Waals surface area contributed by atoms with Crippen molar-refractivity contribution >= 4 is 5.97 Å². The minimum atomic E-state index is -0.0907. The Labute approximate surface area is 141 Å². The second-order valence-electron chi connectivity index (χ2n) is 9.29. The summed E-state index contributed by atoms with van der Waals surface area (Å²) in [6.45, 7) is 6.58. The van der Waals surface area contributed by atoms with Crippen LogP contribution < -0.4 is 0 Å². The van der Waals surface area contributed by atoms with Crippen molar-refractivity contribution in [1.29, 1.82) is 0 Å². The molecule has 0 N–H and O–H groups in total. The lowest BCUT2D eigenvalue weighted by atomic mass is 9.46. The van der Waals surface area contributed by atoms with E-state index in [-0.39, 0.29) is 17.5 Å². The molecule has 0 radical (unpaired) electrons. The van der Waals surface area contributed by atoms with Gasteiger partial charge in [-0.15, -0.1) is 0 Å². The summed E-state index contributed by atoms with van der Waals surface area (Å²) in [7, 11) is 0. The lowest BCUT2D eigenvalue weighted by Crippen LogP contribution is -2.53. The van der Waals surface area contributed by atoms with Gasteiger partial charge in [-0.25, -0.2) is 0 Å². The van der Waals surface area contributed by atoms with E-state index >= 15 is 0 Å². The van der Waals surface area contributed by atoms with Crippen molar-refractivity contribution in [2.45, 2.75) is 78.2 Å². The van der Waals surface area contributed by atoms with E-state index in [0.717, 1.165) is 30.1 Å². The van der Waals surface area contributed by atoms with E-state index < -0.39 is 0 Å². The Hall–Kier alpha value is -0.790. The molecule has 23 heavy (non-hydrogen) atoms. The molecule has 1 unspecified atom stereocenters. The summed E-state index contributed by atoms with van der Waals surface area (Å²) in [5.74, 6) is 3.34. The van der Waals surface area contributed by atoms with E-state index in [1.54, 1.807) is 6.92 Å². The Balaban J connectivity index is 1.60. The lowest BCUT2D eigenvalue weighted by molar-refractivity contribution is -0.159. The summed E-state index contributed by atoms with van der Waals surface area (Å²) in [5, 5.41) is 0. The summed E-state index contributed by atoms with van der Waals surface area (Å²) in [6, 6.07) is 0. The summed E-state index contributed by atoms with van der Waals surface area (Å²) >= 11 is 0. The first-order valence-electron chi connectivity index (χ1n) is 9.77. The molecule has 0 aliphatic heterocycles. The number of ether oxygens (including phenoxy) is 1. The lowest BCUT2D eigenvalue weighted by Gasteiger charge is -2.59. The molecule has 3 fully saturated rings. The molecule has 0 aromatic heterocycles. The molecule has 4 aliphatic carbocycles. The average molecular weight is 316 g/mol. The van der Waals surface area contributed by atoms with Gasteiger partial charge in [0, 0.05) is 12.3 Å². The average Bonchev–Trinajstić information content (AvgIpc) is 2.83. The molecule has 0 saturated heterocycles. The van der Waals surface area contributed by atoms with Crippen LogP contribution in [0.25, 0.3) is 0 Å². The van der Waals surface area contributed by atoms with Gasteiger partial charge < -0.3 is 4.74 Å². The minimum absolute atomic E-state index is 0.0907. The van der Waals surface area contributed by atoms with Gasteiger partial charge >= 0.3 is 5.97 Å². The van der Waals surface area contributed by atoms with Crippen molar-refractivity contribution in [1.82, 2.24) is 0 Å². The molecule has 0 aromatic rings. The summed E-state index contributed by atoms with van der Waals surface area (Å²) in [5.41, 5.74) is 0.763. The van der Waals surface area contributed by atoms with Crippen LogP contribution >= 0.6 is 0 Å². The van der Waals surface area contributed by atoms with E-state index in [4.69, 9.17) is 4.74 Å². The van der Waals surface area contributed by atoms with E-state index in [9.17, 15) is 4.79 Å². The molecule has 0 bridgehead atoms. The number of rotatable bonds is 1. The Morgan fingerprint density at radius 2 is 1.78 bits per heavy atom. The van der Waals surface area contributed by atoms with Crippen LogP contribution in [0.5, 0.6) is 0 Å². The van der Waals surface area contributed by atoms with Gasteiger partial charge in [-0.2, -0.15) is 0 Å². The van der Waals surface area contributed by atoms with Crippen LogP contribution in [0.3, 0.4) is 0 Å². The van der Waals surface area contributed by atoms with Crippen LogP contribution in [0.1, 0.15) is 72.1 Å². The molecule has 4 rings (SSSR count). The second-order valence-corrected chi connectivity index (χ2v) is 9.29. The van der Waals surface area contributed by atoms with Crippen LogP contribution in [0.2, 0.25) is 0 Å². The molecule has 3 saturated carbocycles. The Morgan fingerprint density at radius 1 is 1.00 bits per heavy atom. The zero-order valence-electron chi connectivity index (χ0n) is 15.0. The van der Waals surface area contributed by atoms with E-state index in [2.05, 4.69) is 26.0 Å². The van der Waals surface area contributed by atoms with Gasteiger partial charge in [-0.05, 0) is 80.5 Å². The van der Waals surface area contributed by atoms with E-state index in [0.29, 0.717) is 5.41 Å². The number of carbonyl (C=O) groups is 1. The van der Waals surface area contributed by atoms with Gasteiger partial charge in [0.25, 0.3) is 0 Å². The third-order valence-electron chi connectivity index (χ3n) is 8.43. The van der Waals surface area contributed by atoms with Crippen LogP contribution in [-0.2, 0) is 9.53 Å². The van der Waals surface area contributed by atoms with Gasteiger partial charge in [0.2, 0.25) is 0 Å². The highest BCUT2D eigenvalue weighted by molar-refractivity contribution is 5.66. The molecule has 2 heteroatoms. The maximum absolute atomic E-state index is 11.5. The fourth-order valence-electron chi connectivity index (χ4n) is 7.18. The van der Waals surface area contributed by atoms with Crippen LogP contribution in [-0.4, -0.2) is 12.1 Å². The molecule has 0 aromatic carbocycles. The molecule has 0 spiro atoms. The van der Waals surface area contributed by atoms with E-state index in [1.807, 2.05) is 0 Å². The Kier molecular flexibility index (Phi) is 3.66. The fraction of sp³-hybridized carbons (Fsp3) is 0.857. The van der Waals surface area contributed by atoms with Gasteiger partial charge in [0.1, 0.15) is 6.10 Å². The Bertz CT molecular complexity index is 524. The smallest absolute Gasteiger partial charge is 0.302 e. The van der Waals surface area contributed by atoms with Crippen LogP contribution in [0.15, 0.2) is 12.2 Å². The number of esters is 1. The maximum Gasteiger partial charge on any atom is 0.302 e. The topological polar surface area (TPSA) is 26.3 Å². The predicted octanol–water partition coefficient (Wildman–Crippen LogP) is 5.13. The number of fused-ring (bicyclic) bond motifs is 5. The number of carbonyl (C=O) groups excluding carboxylic acids is 1. The second kappa shape index (κ2) is 5.36. The third kappa shape index (κ3) is 2.23. The summed E-state index contributed by atoms with van der Waals surface area (Å²) in [4.78, 5) is 11.5.